The van der Waals surface area contributed by atoms with Crippen molar-refractivity contribution >= 4 is 48.6 Å². The minimum absolute atomic E-state index is 0.0568. The average Bonchev–Trinajstić information content (AvgIpc) is 2.31. The number of hydrogen-bond acceptors (Lipinski definition) is 2. The molecule has 0 unspecified atom stereocenters. The molecule has 4 heteroatoms. The van der Waals surface area contributed by atoms with Crippen LogP contribution in [0.5, 0.6) is 0 Å². The number of aromatic nitrogens is 1. The molecule has 0 fully saturated rings. The van der Waals surface area contributed by atoms with Crippen molar-refractivity contribution < 1.29 is 0 Å². The SMILES string of the molecule is CNc1nc2c(Br)ccc(Br)c2cc1C(C)(C)C. The Kier molecular flexibility index (Phi) is 3.70. The molecular formula is C14H16Br2N2. The van der Waals surface area contributed by atoms with Crippen LogP contribution in [0, 0.1) is 0 Å². The molecule has 0 aliphatic rings. The van der Waals surface area contributed by atoms with E-state index in [2.05, 4.69) is 64.0 Å². The van der Waals surface area contributed by atoms with Crippen LogP contribution in [-0.2, 0) is 5.41 Å². The highest BCUT2D eigenvalue weighted by atomic mass is 79.9. The molecule has 1 N–H and O–H groups in total. The fourth-order valence-corrected chi connectivity index (χ4v) is 2.82. The standard InChI is InChI=1S/C14H16Br2N2/c1-14(2,3)9-7-8-10(15)5-6-11(16)12(8)18-13(9)17-4/h5-7H,1-4H3,(H,17,18). The molecule has 0 spiro atoms. The number of hydrogen-bond donors (Lipinski definition) is 1. The second kappa shape index (κ2) is 4.82. The van der Waals surface area contributed by atoms with Crippen LogP contribution in [0.15, 0.2) is 27.1 Å². The molecule has 0 aliphatic carbocycles. The van der Waals surface area contributed by atoms with Crippen molar-refractivity contribution in [3.05, 3.63) is 32.7 Å². The highest BCUT2D eigenvalue weighted by molar-refractivity contribution is 9.11. The Hall–Kier alpha value is -0.610. The molecule has 2 nitrogen and oxygen atoms in total. The van der Waals surface area contributed by atoms with Gasteiger partial charge in [-0.1, -0.05) is 36.7 Å². The van der Waals surface area contributed by atoms with E-state index in [0.717, 1.165) is 25.7 Å². The van der Waals surface area contributed by atoms with Gasteiger partial charge in [0.05, 0.1) is 5.52 Å². The molecule has 0 bridgehead atoms. The summed E-state index contributed by atoms with van der Waals surface area (Å²) in [5, 5.41) is 4.33. The number of nitrogens with one attached hydrogen (secondary N) is 1. The molecule has 0 saturated heterocycles. The predicted molar refractivity (Wildman–Crippen MR) is 85.4 cm³/mol. The summed E-state index contributed by atoms with van der Waals surface area (Å²) in [5.74, 6) is 0.939. The average molecular weight is 372 g/mol. The maximum atomic E-state index is 4.73. The Morgan fingerprint density at radius 1 is 1.11 bits per heavy atom. The molecule has 0 aliphatic heterocycles. The van der Waals surface area contributed by atoms with E-state index in [4.69, 9.17) is 4.98 Å². The number of rotatable bonds is 1. The Labute approximate surface area is 124 Å². The summed E-state index contributed by atoms with van der Waals surface area (Å²) in [5.41, 5.74) is 2.25. The lowest BCUT2D eigenvalue weighted by Crippen LogP contribution is -2.15. The first-order chi connectivity index (χ1) is 8.34. The number of pyridine rings is 1. The lowest BCUT2D eigenvalue weighted by Gasteiger charge is -2.23. The van der Waals surface area contributed by atoms with Crippen LogP contribution in [0.2, 0.25) is 0 Å². The quantitative estimate of drug-likeness (QED) is 0.754. The van der Waals surface area contributed by atoms with Crippen molar-refractivity contribution in [2.24, 2.45) is 0 Å². The minimum atomic E-state index is 0.0568. The third-order valence-corrected chi connectivity index (χ3v) is 4.26. The molecule has 1 aromatic carbocycles. The van der Waals surface area contributed by atoms with Gasteiger partial charge in [0.25, 0.3) is 0 Å². The van der Waals surface area contributed by atoms with Gasteiger partial charge in [-0.2, -0.15) is 0 Å². The van der Waals surface area contributed by atoms with Gasteiger partial charge in [-0.15, -0.1) is 0 Å². The first kappa shape index (κ1) is 13.8. The Morgan fingerprint density at radius 2 is 1.72 bits per heavy atom. The summed E-state index contributed by atoms with van der Waals surface area (Å²) in [6.45, 7) is 6.59. The number of fused-ring (bicyclic) bond motifs is 1. The van der Waals surface area contributed by atoms with Crippen LogP contribution >= 0.6 is 31.9 Å². The maximum Gasteiger partial charge on any atom is 0.130 e. The molecule has 96 valence electrons. The van der Waals surface area contributed by atoms with Crippen LogP contribution < -0.4 is 5.32 Å². The minimum Gasteiger partial charge on any atom is -0.373 e. The molecule has 18 heavy (non-hydrogen) atoms. The van der Waals surface area contributed by atoms with E-state index in [0.29, 0.717) is 0 Å². The van der Waals surface area contributed by atoms with Crippen LogP contribution in [0.3, 0.4) is 0 Å². The molecule has 0 amide bonds. The number of nitrogens with zero attached hydrogens (tertiary/aromatic N) is 1. The van der Waals surface area contributed by atoms with E-state index < -0.39 is 0 Å². The number of halogens is 2. The summed E-state index contributed by atoms with van der Waals surface area (Å²) >= 11 is 7.16. The summed E-state index contributed by atoms with van der Waals surface area (Å²) < 4.78 is 2.08. The van der Waals surface area contributed by atoms with E-state index in [1.54, 1.807) is 0 Å². The summed E-state index contributed by atoms with van der Waals surface area (Å²) in [7, 11) is 1.91. The zero-order valence-electron chi connectivity index (χ0n) is 10.9. The van der Waals surface area contributed by atoms with Gasteiger partial charge < -0.3 is 5.32 Å². The second-order valence-electron chi connectivity index (χ2n) is 5.31. The van der Waals surface area contributed by atoms with Gasteiger partial charge in [0, 0.05) is 26.9 Å². The summed E-state index contributed by atoms with van der Waals surface area (Å²) in [6, 6.07) is 6.26. The van der Waals surface area contributed by atoms with Gasteiger partial charge in [-0.25, -0.2) is 4.98 Å². The monoisotopic (exact) mass is 370 g/mol. The van der Waals surface area contributed by atoms with E-state index in [1.165, 1.54) is 5.56 Å². The molecule has 0 radical (unpaired) electrons. The Balaban J connectivity index is 2.86. The molecule has 0 saturated carbocycles. The number of anilines is 1. The second-order valence-corrected chi connectivity index (χ2v) is 7.02. The predicted octanol–water partition coefficient (Wildman–Crippen LogP) is 5.10. The first-order valence-corrected chi connectivity index (χ1v) is 7.40. The Bertz CT molecular complexity index is 601. The zero-order chi connectivity index (χ0) is 13.5. The molecular weight excluding hydrogens is 356 g/mol. The highest BCUT2D eigenvalue weighted by Gasteiger charge is 2.20. The van der Waals surface area contributed by atoms with Crippen molar-refractivity contribution in [1.82, 2.24) is 4.98 Å². The van der Waals surface area contributed by atoms with Crippen LogP contribution in [-0.4, -0.2) is 12.0 Å². The van der Waals surface area contributed by atoms with Gasteiger partial charge in [-0.3, -0.25) is 0 Å². The van der Waals surface area contributed by atoms with Crippen LogP contribution in [0.25, 0.3) is 10.9 Å². The fraction of sp³-hybridized carbons (Fsp3) is 0.357. The van der Waals surface area contributed by atoms with Gasteiger partial charge >= 0.3 is 0 Å². The van der Waals surface area contributed by atoms with Crippen molar-refractivity contribution in [1.29, 1.82) is 0 Å². The highest BCUT2D eigenvalue weighted by Crippen LogP contribution is 2.36. The van der Waals surface area contributed by atoms with Crippen LogP contribution in [0.4, 0.5) is 5.82 Å². The van der Waals surface area contributed by atoms with Gasteiger partial charge in [0.15, 0.2) is 0 Å². The summed E-state index contributed by atoms with van der Waals surface area (Å²) in [6.07, 6.45) is 0. The van der Waals surface area contributed by atoms with E-state index in [9.17, 15) is 0 Å². The molecule has 2 aromatic rings. The smallest absolute Gasteiger partial charge is 0.130 e. The van der Waals surface area contributed by atoms with Crippen molar-refractivity contribution in [3.63, 3.8) is 0 Å². The third kappa shape index (κ3) is 2.41. The molecule has 2 rings (SSSR count). The zero-order valence-corrected chi connectivity index (χ0v) is 14.1. The lowest BCUT2D eigenvalue weighted by atomic mass is 9.86. The van der Waals surface area contributed by atoms with Crippen LogP contribution in [0.1, 0.15) is 26.3 Å². The number of benzene rings is 1. The molecule has 1 aromatic heterocycles. The van der Waals surface area contributed by atoms with Gasteiger partial charge in [0.1, 0.15) is 5.82 Å². The van der Waals surface area contributed by atoms with Crippen molar-refractivity contribution in [2.75, 3.05) is 12.4 Å². The maximum absolute atomic E-state index is 4.73. The lowest BCUT2D eigenvalue weighted by molar-refractivity contribution is 0.591. The van der Waals surface area contributed by atoms with Gasteiger partial charge in [0.2, 0.25) is 0 Å². The normalized spacial score (nSPS) is 11.9. The largest absolute Gasteiger partial charge is 0.373 e. The van der Waals surface area contributed by atoms with Crippen molar-refractivity contribution in [2.45, 2.75) is 26.2 Å². The molecule has 0 atom stereocenters. The van der Waals surface area contributed by atoms with E-state index in [-0.39, 0.29) is 5.41 Å². The Morgan fingerprint density at radius 3 is 2.28 bits per heavy atom. The molecule has 1 heterocycles. The fourth-order valence-electron chi connectivity index (χ4n) is 1.95. The first-order valence-electron chi connectivity index (χ1n) is 5.81. The topological polar surface area (TPSA) is 24.9 Å². The van der Waals surface area contributed by atoms with Crippen molar-refractivity contribution in [3.8, 4) is 0 Å². The van der Waals surface area contributed by atoms with E-state index >= 15 is 0 Å². The third-order valence-electron chi connectivity index (χ3n) is 2.93. The van der Waals surface area contributed by atoms with Gasteiger partial charge in [-0.05, 0) is 39.5 Å². The van der Waals surface area contributed by atoms with E-state index in [1.807, 2.05) is 19.2 Å². The summed E-state index contributed by atoms with van der Waals surface area (Å²) in [4.78, 5) is 4.73.